The Hall–Kier alpha value is -1.17. The summed E-state index contributed by atoms with van der Waals surface area (Å²) in [4.78, 5) is 10.5. The molecule has 6 heteroatoms. The summed E-state index contributed by atoms with van der Waals surface area (Å²) in [6.45, 7) is 2.18. The second kappa shape index (κ2) is 14.2. The Morgan fingerprint density at radius 3 is 2.12 bits per heavy atom. The van der Waals surface area contributed by atoms with Gasteiger partial charge in [-0.05, 0) is 32.1 Å². The van der Waals surface area contributed by atoms with E-state index in [0.29, 0.717) is 11.8 Å². The van der Waals surface area contributed by atoms with E-state index in [1.54, 1.807) is 12.2 Å². The molecule has 0 radical (unpaired) electrons. The average Bonchev–Trinajstić information content (AvgIpc) is 2.49. The summed E-state index contributed by atoms with van der Waals surface area (Å²) in [5.41, 5.74) is 0. The number of thioether (sulfide) groups is 1. The number of hydrogen-bond donors (Lipinski definition) is 1. The number of rotatable bonds is 13. The van der Waals surface area contributed by atoms with Gasteiger partial charge in [0.2, 0.25) is 0 Å². The van der Waals surface area contributed by atoms with Crippen LogP contribution in [0.2, 0.25) is 0 Å². The maximum absolute atomic E-state index is 12.4. The summed E-state index contributed by atoms with van der Waals surface area (Å²) in [6, 6.07) is 0. The van der Waals surface area contributed by atoms with Gasteiger partial charge < -0.3 is 5.11 Å². The molecule has 0 heterocycles. The molecule has 0 rings (SSSR count). The van der Waals surface area contributed by atoms with Crippen LogP contribution in [0.25, 0.3) is 0 Å². The Morgan fingerprint density at radius 2 is 1.58 bits per heavy atom. The fourth-order valence-corrected chi connectivity index (χ4v) is 2.63. The van der Waals surface area contributed by atoms with Crippen molar-refractivity contribution in [3.8, 4) is 0 Å². The third-order valence-corrected chi connectivity index (χ3v) is 4.31. The first kappa shape index (κ1) is 22.8. The third-order valence-electron chi connectivity index (χ3n) is 3.13. The molecule has 0 aromatic rings. The van der Waals surface area contributed by atoms with Crippen LogP contribution in [0.4, 0.5) is 13.2 Å². The van der Waals surface area contributed by atoms with Gasteiger partial charge in [-0.3, -0.25) is 4.79 Å². The molecule has 138 valence electrons. The molecule has 0 amide bonds. The minimum atomic E-state index is -4.71. The van der Waals surface area contributed by atoms with E-state index >= 15 is 0 Å². The third kappa shape index (κ3) is 13.3. The van der Waals surface area contributed by atoms with Crippen LogP contribution in [-0.4, -0.2) is 28.3 Å². The number of halogens is 3. The lowest BCUT2D eigenvalue weighted by Crippen LogP contribution is -2.33. The van der Waals surface area contributed by atoms with Crippen LogP contribution in [0.15, 0.2) is 36.5 Å². The summed E-state index contributed by atoms with van der Waals surface area (Å²) in [6.07, 6.45) is 14.4. The van der Waals surface area contributed by atoms with Crippen LogP contribution in [0.1, 0.15) is 51.9 Å². The van der Waals surface area contributed by atoms with Gasteiger partial charge in [0, 0.05) is 5.75 Å². The molecule has 0 fully saturated rings. The topological polar surface area (TPSA) is 37.3 Å². The number of carboxylic acid groups (broad SMARTS) is 1. The molecule has 0 aliphatic carbocycles. The number of hydrogen-bond acceptors (Lipinski definition) is 2. The number of carbonyl (C=O) groups is 1. The Morgan fingerprint density at radius 1 is 1.00 bits per heavy atom. The second-order valence-corrected chi connectivity index (χ2v) is 6.45. The summed E-state index contributed by atoms with van der Waals surface area (Å²) in [5.74, 6) is -1.80. The van der Waals surface area contributed by atoms with Crippen molar-refractivity contribution in [2.75, 3.05) is 5.75 Å². The van der Waals surface area contributed by atoms with Crippen molar-refractivity contribution >= 4 is 17.7 Å². The van der Waals surface area contributed by atoms with Crippen molar-refractivity contribution in [3.05, 3.63) is 36.5 Å². The molecule has 0 aliphatic heterocycles. The van der Waals surface area contributed by atoms with Gasteiger partial charge in [-0.1, -0.05) is 56.2 Å². The zero-order valence-corrected chi connectivity index (χ0v) is 14.9. The molecule has 1 atom stereocenters. The highest BCUT2D eigenvalue weighted by Gasteiger charge is 2.45. The van der Waals surface area contributed by atoms with Gasteiger partial charge in [-0.25, -0.2) is 0 Å². The minimum Gasteiger partial charge on any atom is -0.480 e. The first-order valence-electron chi connectivity index (χ1n) is 8.25. The molecule has 0 aromatic carbocycles. The first-order chi connectivity index (χ1) is 11.4. The van der Waals surface area contributed by atoms with Gasteiger partial charge >= 0.3 is 12.1 Å². The Bertz CT molecular complexity index is 415. The number of aliphatic carboxylic acids is 1. The maximum Gasteiger partial charge on any atom is 0.411 e. The number of unbranched alkanes of at least 4 members (excludes halogenated alkanes) is 4. The second-order valence-electron chi connectivity index (χ2n) is 5.32. The molecule has 1 N–H and O–H groups in total. The number of carboxylic acids is 1. The lowest BCUT2D eigenvalue weighted by molar-refractivity contribution is -0.162. The monoisotopic (exact) mass is 364 g/mol. The van der Waals surface area contributed by atoms with Gasteiger partial charge in [-0.2, -0.15) is 13.2 Å². The van der Waals surface area contributed by atoms with Crippen molar-refractivity contribution in [2.24, 2.45) is 0 Å². The molecule has 0 spiro atoms. The Balaban J connectivity index is 3.72. The molecule has 0 aliphatic rings. The van der Waals surface area contributed by atoms with Crippen molar-refractivity contribution in [1.82, 2.24) is 0 Å². The van der Waals surface area contributed by atoms with E-state index in [9.17, 15) is 18.0 Å². The van der Waals surface area contributed by atoms with E-state index in [1.807, 2.05) is 6.08 Å². The van der Waals surface area contributed by atoms with Gasteiger partial charge in [0.25, 0.3) is 0 Å². The molecule has 0 saturated carbocycles. The van der Waals surface area contributed by atoms with Gasteiger partial charge in [0.1, 0.15) is 0 Å². The van der Waals surface area contributed by atoms with Crippen LogP contribution >= 0.6 is 11.8 Å². The fraction of sp³-hybridized carbons (Fsp3) is 0.611. The van der Waals surface area contributed by atoms with Crippen LogP contribution in [0.5, 0.6) is 0 Å². The van der Waals surface area contributed by atoms with Crippen molar-refractivity contribution < 1.29 is 23.1 Å². The van der Waals surface area contributed by atoms with Gasteiger partial charge in [0.05, 0.1) is 0 Å². The lowest BCUT2D eigenvalue weighted by Gasteiger charge is -2.14. The quantitative estimate of drug-likeness (QED) is 0.314. The number of alkyl halides is 3. The molecule has 0 bridgehead atoms. The van der Waals surface area contributed by atoms with Crippen LogP contribution < -0.4 is 0 Å². The average molecular weight is 364 g/mol. The predicted octanol–water partition coefficient (Wildman–Crippen LogP) is 6.15. The molecular weight excluding hydrogens is 337 g/mol. The zero-order chi connectivity index (χ0) is 18.3. The highest BCUT2D eigenvalue weighted by molar-refractivity contribution is 8.00. The number of allylic oxidation sites excluding steroid dienone is 5. The van der Waals surface area contributed by atoms with Crippen LogP contribution in [-0.2, 0) is 4.79 Å². The van der Waals surface area contributed by atoms with Crippen LogP contribution in [0.3, 0.4) is 0 Å². The van der Waals surface area contributed by atoms with Crippen molar-refractivity contribution in [1.29, 1.82) is 0 Å². The van der Waals surface area contributed by atoms with E-state index < -0.39 is 17.4 Å². The highest BCUT2D eigenvalue weighted by atomic mass is 32.2. The molecule has 2 nitrogen and oxygen atoms in total. The molecule has 24 heavy (non-hydrogen) atoms. The van der Waals surface area contributed by atoms with E-state index in [4.69, 9.17) is 5.11 Å². The minimum absolute atomic E-state index is 0.0423. The molecule has 0 aromatic heterocycles. The zero-order valence-electron chi connectivity index (χ0n) is 14.1. The summed E-state index contributed by atoms with van der Waals surface area (Å²) >= 11 is 0.381. The normalized spacial score (nSPS) is 14.2. The largest absolute Gasteiger partial charge is 0.480 e. The van der Waals surface area contributed by atoms with Crippen molar-refractivity contribution in [3.63, 3.8) is 0 Å². The van der Waals surface area contributed by atoms with Gasteiger partial charge in [0.15, 0.2) is 5.25 Å². The lowest BCUT2D eigenvalue weighted by atomic mass is 10.2. The van der Waals surface area contributed by atoms with E-state index in [1.165, 1.54) is 19.3 Å². The SMILES string of the molecule is CCCCC/C=C\C/C=C\CC/C=C/CSC(C(=O)O)C(F)(F)F. The molecular formula is C18H27F3O2S. The maximum atomic E-state index is 12.4. The Kier molecular flexibility index (Phi) is 13.5. The summed E-state index contributed by atoms with van der Waals surface area (Å²) in [5, 5.41) is 6.18. The first-order valence-corrected chi connectivity index (χ1v) is 9.30. The standard InChI is InChI=1S/C18H27F3O2S/c1-2-3-4-5-6-7-8-9-10-11-12-13-14-15-24-16(17(22)23)18(19,20)21/h6-7,9-10,13-14,16H,2-5,8,11-12,15H2,1H3,(H,22,23)/b7-6-,10-9-,14-13+. The van der Waals surface area contributed by atoms with E-state index in [2.05, 4.69) is 25.2 Å². The van der Waals surface area contributed by atoms with E-state index in [-0.39, 0.29) is 5.75 Å². The summed E-state index contributed by atoms with van der Waals surface area (Å²) in [7, 11) is 0. The van der Waals surface area contributed by atoms with Gasteiger partial charge in [-0.15, -0.1) is 11.8 Å². The predicted molar refractivity (Wildman–Crippen MR) is 95.3 cm³/mol. The Labute approximate surface area is 146 Å². The molecule has 1 unspecified atom stereocenters. The molecule has 0 saturated heterocycles. The van der Waals surface area contributed by atoms with E-state index in [0.717, 1.165) is 25.7 Å². The highest BCUT2D eigenvalue weighted by Crippen LogP contribution is 2.30. The summed E-state index contributed by atoms with van der Waals surface area (Å²) < 4.78 is 37.2. The van der Waals surface area contributed by atoms with Crippen LogP contribution in [0, 0.1) is 0 Å². The fourth-order valence-electron chi connectivity index (χ4n) is 1.85. The van der Waals surface area contributed by atoms with Crippen molar-refractivity contribution in [2.45, 2.75) is 63.3 Å². The smallest absolute Gasteiger partial charge is 0.411 e.